The van der Waals surface area contributed by atoms with Crippen LogP contribution < -0.4 is 5.73 Å². The molecule has 4 unspecified atom stereocenters. The lowest BCUT2D eigenvalue weighted by molar-refractivity contribution is 0.346. The van der Waals surface area contributed by atoms with Crippen LogP contribution in [0.5, 0.6) is 0 Å². The van der Waals surface area contributed by atoms with Gasteiger partial charge in [0, 0.05) is 24.9 Å². The molecule has 1 heterocycles. The Kier molecular flexibility index (Phi) is 1.96. The molecule has 4 atom stereocenters. The van der Waals surface area contributed by atoms with Crippen LogP contribution >= 0.6 is 0 Å². The minimum absolute atomic E-state index is 0.323. The molecule has 3 fully saturated rings. The zero-order valence-electron chi connectivity index (χ0n) is 10.3. The summed E-state index contributed by atoms with van der Waals surface area (Å²) < 4.78 is 2.00. The molecule has 3 aliphatic carbocycles. The van der Waals surface area contributed by atoms with Gasteiger partial charge < -0.3 is 5.73 Å². The Hall–Kier alpha value is -0.900. The Morgan fingerprint density at radius 2 is 1.94 bits per heavy atom. The molecular formula is C13H20N4. The van der Waals surface area contributed by atoms with Crippen LogP contribution in [0, 0.1) is 11.8 Å². The lowest BCUT2D eigenvalue weighted by atomic mass is 9.84. The highest BCUT2D eigenvalue weighted by atomic mass is 15.3. The second-order valence-electron chi connectivity index (χ2n) is 6.16. The maximum absolute atomic E-state index is 6.38. The summed E-state index contributed by atoms with van der Waals surface area (Å²) in [6.45, 7) is 0. The number of nitrogens with two attached hydrogens (primary N) is 1. The van der Waals surface area contributed by atoms with Gasteiger partial charge in [0.05, 0.1) is 0 Å². The van der Waals surface area contributed by atoms with E-state index >= 15 is 0 Å². The normalized spacial score (nSPS) is 40.1. The van der Waals surface area contributed by atoms with Crippen LogP contribution in [-0.4, -0.2) is 20.8 Å². The van der Waals surface area contributed by atoms with Crippen LogP contribution in [0.2, 0.25) is 0 Å². The van der Waals surface area contributed by atoms with E-state index in [0.29, 0.717) is 17.9 Å². The van der Waals surface area contributed by atoms with Gasteiger partial charge in [0.25, 0.3) is 0 Å². The molecule has 0 spiro atoms. The number of rotatable bonds is 2. The summed E-state index contributed by atoms with van der Waals surface area (Å²) in [5, 5.41) is 4.59. The fourth-order valence-electron chi connectivity index (χ4n) is 3.94. The molecule has 1 aromatic rings. The predicted octanol–water partition coefficient (Wildman–Crippen LogP) is 1.53. The SMILES string of the molecule is Cn1nc(C2CC2)nc1C1C2CCC(C2)C1N. The zero-order chi connectivity index (χ0) is 11.6. The number of hydrogen-bond acceptors (Lipinski definition) is 3. The third-order valence-electron chi connectivity index (χ3n) is 5.03. The molecular weight excluding hydrogens is 212 g/mol. The van der Waals surface area contributed by atoms with Gasteiger partial charge in [0.2, 0.25) is 0 Å². The van der Waals surface area contributed by atoms with E-state index in [1.54, 1.807) is 0 Å². The van der Waals surface area contributed by atoms with Crippen molar-refractivity contribution in [3.05, 3.63) is 11.6 Å². The van der Waals surface area contributed by atoms with E-state index in [9.17, 15) is 0 Å². The van der Waals surface area contributed by atoms with E-state index in [-0.39, 0.29) is 0 Å². The molecule has 0 saturated heterocycles. The molecule has 92 valence electrons. The van der Waals surface area contributed by atoms with Crippen LogP contribution in [0.4, 0.5) is 0 Å². The van der Waals surface area contributed by atoms with Gasteiger partial charge in [0.1, 0.15) is 5.82 Å². The molecule has 4 rings (SSSR count). The Bertz CT molecular complexity index is 446. The molecule has 2 bridgehead atoms. The highest BCUT2D eigenvalue weighted by Gasteiger charge is 2.48. The van der Waals surface area contributed by atoms with Crippen LogP contribution in [-0.2, 0) is 7.05 Å². The van der Waals surface area contributed by atoms with Crippen molar-refractivity contribution in [1.29, 1.82) is 0 Å². The highest BCUT2D eigenvalue weighted by Crippen LogP contribution is 2.52. The molecule has 1 aromatic heterocycles. The lowest BCUT2D eigenvalue weighted by Gasteiger charge is -2.26. The Morgan fingerprint density at radius 1 is 1.18 bits per heavy atom. The van der Waals surface area contributed by atoms with Crippen LogP contribution in [0.3, 0.4) is 0 Å². The van der Waals surface area contributed by atoms with Crippen LogP contribution in [0.25, 0.3) is 0 Å². The first-order chi connectivity index (χ1) is 8.24. The molecule has 2 N–H and O–H groups in total. The van der Waals surface area contributed by atoms with Gasteiger partial charge in [-0.2, -0.15) is 5.10 Å². The monoisotopic (exact) mass is 232 g/mol. The van der Waals surface area contributed by atoms with Gasteiger partial charge in [-0.25, -0.2) is 4.98 Å². The zero-order valence-corrected chi connectivity index (χ0v) is 10.3. The summed E-state index contributed by atoms with van der Waals surface area (Å²) in [5.74, 6) is 4.85. The van der Waals surface area contributed by atoms with Gasteiger partial charge >= 0.3 is 0 Å². The first-order valence-corrected chi connectivity index (χ1v) is 6.90. The molecule has 4 heteroatoms. The van der Waals surface area contributed by atoms with Gasteiger partial charge in [-0.1, -0.05) is 0 Å². The Labute approximate surface area is 102 Å². The molecule has 4 nitrogen and oxygen atoms in total. The number of nitrogens with zero attached hydrogens (tertiary/aromatic N) is 3. The maximum atomic E-state index is 6.38. The Morgan fingerprint density at radius 3 is 2.59 bits per heavy atom. The second-order valence-corrected chi connectivity index (χ2v) is 6.16. The predicted molar refractivity (Wildman–Crippen MR) is 64.5 cm³/mol. The molecule has 3 aliphatic rings. The quantitative estimate of drug-likeness (QED) is 0.841. The summed E-state index contributed by atoms with van der Waals surface area (Å²) in [7, 11) is 2.03. The standard InChI is InChI=1S/C13H20N4/c1-17-13(15-12(16-17)7-2-3-7)10-8-4-5-9(6-8)11(10)14/h7-11H,2-6,14H2,1H3. The smallest absolute Gasteiger partial charge is 0.154 e. The van der Waals surface area contributed by atoms with Crippen molar-refractivity contribution in [2.45, 2.75) is 50.0 Å². The fraction of sp³-hybridized carbons (Fsp3) is 0.846. The maximum Gasteiger partial charge on any atom is 0.154 e. The summed E-state index contributed by atoms with van der Waals surface area (Å²) in [6.07, 6.45) is 6.53. The number of hydrogen-bond donors (Lipinski definition) is 1. The topological polar surface area (TPSA) is 56.7 Å². The van der Waals surface area contributed by atoms with Gasteiger partial charge in [-0.15, -0.1) is 0 Å². The van der Waals surface area contributed by atoms with Gasteiger partial charge in [-0.3, -0.25) is 4.68 Å². The van der Waals surface area contributed by atoms with Crippen molar-refractivity contribution in [3.63, 3.8) is 0 Å². The van der Waals surface area contributed by atoms with Crippen molar-refractivity contribution >= 4 is 0 Å². The van der Waals surface area contributed by atoms with Crippen molar-refractivity contribution in [2.24, 2.45) is 24.6 Å². The summed E-state index contributed by atoms with van der Waals surface area (Å²) in [5.41, 5.74) is 6.38. The molecule has 0 aromatic carbocycles. The van der Waals surface area contributed by atoms with Crippen molar-refractivity contribution < 1.29 is 0 Å². The highest BCUT2D eigenvalue weighted by molar-refractivity contribution is 5.16. The molecule has 17 heavy (non-hydrogen) atoms. The van der Waals surface area contributed by atoms with E-state index in [2.05, 4.69) is 5.10 Å². The largest absolute Gasteiger partial charge is 0.327 e. The van der Waals surface area contributed by atoms with E-state index in [1.807, 2.05) is 11.7 Å². The van der Waals surface area contributed by atoms with Gasteiger partial charge in [0.15, 0.2) is 5.82 Å². The number of aryl methyl sites for hydroxylation is 1. The van der Waals surface area contributed by atoms with Crippen LogP contribution in [0.1, 0.15) is 55.6 Å². The molecule has 0 amide bonds. The summed E-state index contributed by atoms with van der Waals surface area (Å²) in [6, 6.07) is 0.323. The summed E-state index contributed by atoms with van der Waals surface area (Å²) >= 11 is 0. The van der Waals surface area contributed by atoms with E-state index in [4.69, 9.17) is 10.7 Å². The number of aromatic nitrogens is 3. The average Bonchev–Trinajstić information content (AvgIpc) is 2.82. The van der Waals surface area contributed by atoms with Crippen molar-refractivity contribution in [3.8, 4) is 0 Å². The fourth-order valence-corrected chi connectivity index (χ4v) is 3.94. The van der Waals surface area contributed by atoms with Crippen LogP contribution in [0.15, 0.2) is 0 Å². The van der Waals surface area contributed by atoms with Crippen molar-refractivity contribution in [2.75, 3.05) is 0 Å². The lowest BCUT2D eigenvalue weighted by Crippen LogP contribution is -2.35. The first kappa shape index (κ1) is 10.1. The molecule has 0 radical (unpaired) electrons. The van der Waals surface area contributed by atoms with Crippen molar-refractivity contribution in [1.82, 2.24) is 14.8 Å². The minimum atomic E-state index is 0.323. The van der Waals surface area contributed by atoms with Gasteiger partial charge in [-0.05, 0) is 43.9 Å². The molecule has 0 aliphatic heterocycles. The third kappa shape index (κ3) is 1.39. The van der Waals surface area contributed by atoms with E-state index in [0.717, 1.165) is 23.5 Å². The average molecular weight is 232 g/mol. The third-order valence-corrected chi connectivity index (χ3v) is 5.03. The first-order valence-electron chi connectivity index (χ1n) is 6.90. The van der Waals surface area contributed by atoms with E-state index in [1.165, 1.54) is 32.1 Å². The Balaban J connectivity index is 1.69. The second kappa shape index (κ2) is 3.31. The summed E-state index contributed by atoms with van der Waals surface area (Å²) in [4.78, 5) is 4.79. The van der Waals surface area contributed by atoms with E-state index < -0.39 is 0 Å². The molecule has 3 saturated carbocycles. The number of fused-ring (bicyclic) bond motifs is 2. The minimum Gasteiger partial charge on any atom is -0.327 e.